The zero-order chi connectivity index (χ0) is 19.4. The van der Waals surface area contributed by atoms with Gasteiger partial charge >= 0.3 is 5.97 Å². The van der Waals surface area contributed by atoms with Crippen LogP contribution in [0.1, 0.15) is 15.9 Å². The molecule has 9 nitrogen and oxygen atoms in total. The van der Waals surface area contributed by atoms with Crippen molar-refractivity contribution in [1.82, 2.24) is 0 Å². The number of nitro benzene ring substituents is 1. The Bertz CT molecular complexity index is 880. The summed E-state index contributed by atoms with van der Waals surface area (Å²) in [6, 6.07) is 7.46. The molecule has 0 bridgehead atoms. The fourth-order valence-electron chi connectivity index (χ4n) is 2.61. The Morgan fingerprint density at radius 3 is 2.44 bits per heavy atom. The average Bonchev–Trinajstić information content (AvgIpc) is 2.70. The van der Waals surface area contributed by atoms with E-state index in [4.69, 9.17) is 23.7 Å². The van der Waals surface area contributed by atoms with E-state index in [0.29, 0.717) is 23.7 Å². The van der Waals surface area contributed by atoms with Crippen LogP contribution in [0.2, 0.25) is 0 Å². The van der Waals surface area contributed by atoms with Crippen LogP contribution in [0.4, 0.5) is 5.69 Å². The maximum Gasteiger partial charge on any atom is 0.345 e. The quantitative estimate of drug-likeness (QED) is 0.431. The number of nitro groups is 1. The van der Waals surface area contributed by atoms with Gasteiger partial charge < -0.3 is 23.7 Å². The van der Waals surface area contributed by atoms with Gasteiger partial charge in [-0.25, -0.2) is 4.79 Å². The van der Waals surface area contributed by atoms with Crippen LogP contribution < -0.4 is 18.9 Å². The van der Waals surface area contributed by atoms with E-state index >= 15 is 0 Å². The second kappa shape index (κ2) is 7.81. The van der Waals surface area contributed by atoms with Gasteiger partial charge in [0.1, 0.15) is 36.9 Å². The molecule has 2 aromatic carbocycles. The predicted molar refractivity (Wildman–Crippen MR) is 92.8 cm³/mol. The van der Waals surface area contributed by atoms with Gasteiger partial charge in [0.15, 0.2) is 11.5 Å². The first-order chi connectivity index (χ1) is 13.0. The lowest BCUT2D eigenvalue weighted by molar-refractivity contribution is -0.385. The lowest BCUT2D eigenvalue weighted by atomic mass is 10.1. The molecule has 9 heteroatoms. The minimum atomic E-state index is -0.858. The van der Waals surface area contributed by atoms with Crippen LogP contribution in [-0.4, -0.2) is 38.3 Å². The molecular weight excluding hydrogens is 358 g/mol. The van der Waals surface area contributed by atoms with E-state index in [9.17, 15) is 14.9 Å². The highest BCUT2D eigenvalue weighted by Gasteiger charge is 2.27. The van der Waals surface area contributed by atoms with Crippen LogP contribution in [-0.2, 0) is 11.3 Å². The molecule has 1 aliphatic heterocycles. The highest BCUT2D eigenvalue weighted by molar-refractivity contribution is 5.95. The standard InChI is InChI=1S/C18H17NO8/c1-23-12-3-4-15(24-2)11(7-12)10-27-18(20)13-8-16-17(26-6-5-25-16)9-14(13)19(21)22/h3-4,7-9H,5-6,10H2,1-2H3. The van der Waals surface area contributed by atoms with Gasteiger partial charge in [0.05, 0.1) is 25.2 Å². The minimum absolute atomic E-state index is 0.148. The van der Waals surface area contributed by atoms with Gasteiger partial charge in [0.2, 0.25) is 0 Å². The first-order valence-corrected chi connectivity index (χ1v) is 7.99. The molecule has 0 aliphatic carbocycles. The van der Waals surface area contributed by atoms with Crippen molar-refractivity contribution < 1.29 is 33.4 Å². The van der Waals surface area contributed by atoms with E-state index in [2.05, 4.69) is 0 Å². The van der Waals surface area contributed by atoms with Crippen LogP contribution in [0.5, 0.6) is 23.0 Å². The number of benzene rings is 2. The Morgan fingerprint density at radius 2 is 1.81 bits per heavy atom. The third-order valence-electron chi connectivity index (χ3n) is 3.92. The normalized spacial score (nSPS) is 12.2. The van der Waals surface area contributed by atoms with Crippen LogP contribution >= 0.6 is 0 Å². The van der Waals surface area contributed by atoms with Crippen LogP contribution in [0.15, 0.2) is 30.3 Å². The molecule has 1 heterocycles. The fourth-order valence-corrected chi connectivity index (χ4v) is 2.61. The molecule has 142 valence electrons. The topological polar surface area (TPSA) is 106 Å². The van der Waals surface area contributed by atoms with Crippen molar-refractivity contribution in [2.24, 2.45) is 0 Å². The third kappa shape index (κ3) is 3.86. The number of esters is 1. The SMILES string of the molecule is COc1ccc(OC)c(COC(=O)c2cc3c(cc2[N+](=O)[O-])OCCO3)c1. The first kappa shape index (κ1) is 18.3. The van der Waals surface area contributed by atoms with Crippen LogP contribution in [0.3, 0.4) is 0 Å². The Balaban J connectivity index is 1.85. The molecule has 0 amide bonds. The maximum absolute atomic E-state index is 12.5. The number of nitrogens with zero attached hydrogens (tertiary/aromatic N) is 1. The monoisotopic (exact) mass is 375 g/mol. The van der Waals surface area contributed by atoms with E-state index in [1.165, 1.54) is 20.3 Å². The molecule has 2 aromatic rings. The number of rotatable bonds is 6. The summed E-state index contributed by atoms with van der Waals surface area (Å²) in [5.74, 6) is 0.688. The first-order valence-electron chi connectivity index (χ1n) is 7.99. The number of fused-ring (bicyclic) bond motifs is 1. The van der Waals surface area contributed by atoms with Crippen molar-refractivity contribution in [3.05, 3.63) is 51.6 Å². The third-order valence-corrected chi connectivity index (χ3v) is 3.92. The number of hydrogen-bond acceptors (Lipinski definition) is 8. The summed E-state index contributed by atoms with van der Waals surface area (Å²) in [5, 5.41) is 11.3. The van der Waals surface area contributed by atoms with E-state index in [0.717, 1.165) is 6.07 Å². The molecule has 0 saturated carbocycles. The molecule has 0 spiro atoms. The van der Waals surface area contributed by atoms with Gasteiger partial charge in [-0.1, -0.05) is 0 Å². The number of ether oxygens (including phenoxy) is 5. The summed E-state index contributed by atoms with van der Waals surface area (Å²) in [7, 11) is 2.99. The van der Waals surface area contributed by atoms with Crippen molar-refractivity contribution in [1.29, 1.82) is 0 Å². The number of methoxy groups -OCH3 is 2. The molecule has 0 atom stereocenters. The van der Waals surface area contributed by atoms with Gasteiger partial charge in [0, 0.05) is 11.6 Å². The smallest absolute Gasteiger partial charge is 0.345 e. The van der Waals surface area contributed by atoms with Crippen molar-refractivity contribution >= 4 is 11.7 Å². The van der Waals surface area contributed by atoms with Crippen molar-refractivity contribution in [2.75, 3.05) is 27.4 Å². The minimum Gasteiger partial charge on any atom is -0.497 e. The number of carbonyl (C=O) groups excluding carboxylic acids is 1. The van der Waals surface area contributed by atoms with Crippen molar-refractivity contribution in [3.63, 3.8) is 0 Å². The molecule has 0 aromatic heterocycles. The molecule has 0 fully saturated rings. The molecule has 0 unspecified atom stereocenters. The van der Waals surface area contributed by atoms with Gasteiger partial charge in [0.25, 0.3) is 5.69 Å². The van der Waals surface area contributed by atoms with Crippen molar-refractivity contribution in [2.45, 2.75) is 6.61 Å². The maximum atomic E-state index is 12.5. The molecule has 27 heavy (non-hydrogen) atoms. The fraction of sp³-hybridized carbons (Fsp3) is 0.278. The predicted octanol–water partition coefficient (Wildman–Crippen LogP) is 2.74. The van der Waals surface area contributed by atoms with Gasteiger partial charge in [-0.3, -0.25) is 10.1 Å². The Labute approximate surface area is 154 Å². The summed E-state index contributed by atoms with van der Waals surface area (Å²) in [4.78, 5) is 23.2. The molecule has 0 saturated heterocycles. The summed E-state index contributed by atoms with van der Waals surface area (Å²) >= 11 is 0. The highest BCUT2D eigenvalue weighted by Crippen LogP contribution is 2.37. The molecule has 3 rings (SSSR count). The summed E-state index contributed by atoms with van der Waals surface area (Å²) in [6.45, 7) is 0.425. The zero-order valence-corrected chi connectivity index (χ0v) is 14.7. The van der Waals surface area contributed by atoms with E-state index in [1.54, 1.807) is 18.2 Å². The lowest BCUT2D eigenvalue weighted by Crippen LogP contribution is -2.17. The van der Waals surface area contributed by atoms with Gasteiger partial charge in [-0.15, -0.1) is 0 Å². The summed E-state index contributed by atoms with van der Waals surface area (Å²) < 4.78 is 26.3. The average molecular weight is 375 g/mol. The second-order valence-corrected chi connectivity index (χ2v) is 5.52. The van der Waals surface area contributed by atoms with E-state index in [1.807, 2.05) is 0 Å². The summed E-state index contributed by atoms with van der Waals surface area (Å²) in [5.41, 5.74) is -0.0710. The number of hydrogen-bond donors (Lipinski definition) is 0. The molecule has 1 aliphatic rings. The van der Waals surface area contributed by atoms with Gasteiger partial charge in [-0.2, -0.15) is 0 Å². The van der Waals surface area contributed by atoms with Crippen molar-refractivity contribution in [3.8, 4) is 23.0 Å². The van der Waals surface area contributed by atoms with Crippen LogP contribution in [0, 0.1) is 10.1 Å². The summed E-state index contributed by atoms with van der Waals surface area (Å²) in [6.07, 6.45) is 0. The Morgan fingerprint density at radius 1 is 1.11 bits per heavy atom. The lowest BCUT2D eigenvalue weighted by Gasteiger charge is -2.18. The van der Waals surface area contributed by atoms with Gasteiger partial charge in [-0.05, 0) is 18.2 Å². The Hall–Kier alpha value is -3.49. The molecule has 0 N–H and O–H groups in total. The largest absolute Gasteiger partial charge is 0.497 e. The highest BCUT2D eigenvalue weighted by atomic mass is 16.6. The molecular formula is C18H17NO8. The number of carbonyl (C=O) groups is 1. The molecule has 0 radical (unpaired) electrons. The Kier molecular flexibility index (Phi) is 5.30. The zero-order valence-electron chi connectivity index (χ0n) is 14.7. The van der Waals surface area contributed by atoms with Crippen LogP contribution in [0.25, 0.3) is 0 Å². The van der Waals surface area contributed by atoms with E-state index < -0.39 is 16.6 Å². The second-order valence-electron chi connectivity index (χ2n) is 5.52. The van der Waals surface area contributed by atoms with E-state index in [-0.39, 0.29) is 30.3 Å².